The van der Waals surface area contributed by atoms with E-state index in [1.807, 2.05) is 12.1 Å². The lowest BCUT2D eigenvalue weighted by molar-refractivity contribution is 0.989. The van der Waals surface area contributed by atoms with Gasteiger partial charge in [0.15, 0.2) is 0 Å². The Morgan fingerprint density at radius 2 is 2.45 bits per heavy atom. The van der Waals surface area contributed by atoms with Gasteiger partial charge in [-0.05, 0) is 19.1 Å². The third kappa shape index (κ3) is 2.20. The maximum absolute atomic E-state index is 5.42. The summed E-state index contributed by atoms with van der Waals surface area (Å²) in [4.78, 5) is 4.08. The molecule has 0 aliphatic heterocycles. The summed E-state index contributed by atoms with van der Waals surface area (Å²) in [5.74, 6) is 0. The molecule has 0 spiro atoms. The van der Waals surface area contributed by atoms with Crippen LogP contribution in [0, 0.1) is 0 Å². The third-order valence-corrected chi connectivity index (χ3v) is 1.41. The van der Waals surface area contributed by atoms with Crippen LogP contribution in [0.5, 0.6) is 0 Å². The Hall–Kier alpha value is -1.09. The van der Waals surface area contributed by atoms with Gasteiger partial charge in [0.2, 0.25) is 0 Å². The Kier molecular flexibility index (Phi) is 2.86. The molecule has 1 aromatic rings. The van der Waals surface area contributed by atoms with Gasteiger partial charge in [0, 0.05) is 25.0 Å². The SMILES string of the molecule is CCNc1ccnc(CN)c1. The Balaban J connectivity index is 2.74. The number of hydrogen-bond acceptors (Lipinski definition) is 3. The molecular weight excluding hydrogens is 138 g/mol. The van der Waals surface area contributed by atoms with Crippen LogP contribution in [0.4, 0.5) is 5.69 Å². The lowest BCUT2D eigenvalue weighted by atomic mass is 10.3. The van der Waals surface area contributed by atoms with Gasteiger partial charge >= 0.3 is 0 Å². The molecule has 3 N–H and O–H groups in total. The third-order valence-electron chi connectivity index (χ3n) is 1.41. The van der Waals surface area contributed by atoms with E-state index in [2.05, 4.69) is 17.2 Å². The topological polar surface area (TPSA) is 50.9 Å². The molecule has 1 heterocycles. The fourth-order valence-electron chi connectivity index (χ4n) is 0.904. The molecule has 0 radical (unpaired) electrons. The van der Waals surface area contributed by atoms with Gasteiger partial charge in [-0.3, -0.25) is 4.98 Å². The summed E-state index contributed by atoms with van der Waals surface area (Å²) in [5, 5.41) is 3.19. The average Bonchev–Trinajstić information content (AvgIpc) is 2.06. The number of anilines is 1. The lowest BCUT2D eigenvalue weighted by Crippen LogP contribution is -2.02. The number of nitrogens with one attached hydrogen (secondary N) is 1. The van der Waals surface area contributed by atoms with E-state index >= 15 is 0 Å². The normalized spacial score (nSPS) is 9.64. The summed E-state index contributed by atoms with van der Waals surface area (Å²) < 4.78 is 0. The molecule has 0 unspecified atom stereocenters. The van der Waals surface area contributed by atoms with Gasteiger partial charge in [0.05, 0.1) is 5.69 Å². The lowest BCUT2D eigenvalue weighted by Gasteiger charge is -2.03. The molecule has 0 saturated carbocycles. The Morgan fingerprint density at radius 1 is 1.64 bits per heavy atom. The zero-order valence-electron chi connectivity index (χ0n) is 6.67. The van der Waals surface area contributed by atoms with Crippen LogP contribution in [0.3, 0.4) is 0 Å². The number of pyridine rings is 1. The first-order valence-electron chi connectivity index (χ1n) is 3.75. The number of nitrogens with two attached hydrogens (primary N) is 1. The molecule has 0 aromatic carbocycles. The summed E-state index contributed by atoms with van der Waals surface area (Å²) in [6.45, 7) is 3.48. The molecule has 1 rings (SSSR count). The van der Waals surface area contributed by atoms with Gasteiger partial charge in [0.1, 0.15) is 0 Å². The quantitative estimate of drug-likeness (QED) is 0.676. The van der Waals surface area contributed by atoms with Crippen molar-refractivity contribution in [3.05, 3.63) is 24.0 Å². The minimum Gasteiger partial charge on any atom is -0.385 e. The summed E-state index contributed by atoms with van der Waals surface area (Å²) in [6.07, 6.45) is 1.76. The molecule has 0 aliphatic carbocycles. The highest BCUT2D eigenvalue weighted by Gasteiger charge is 1.92. The van der Waals surface area contributed by atoms with E-state index in [9.17, 15) is 0 Å². The molecule has 3 heteroatoms. The van der Waals surface area contributed by atoms with Gasteiger partial charge in [0.25, 0.3) is 0 Å². The summed E-state index contributed by atoms with van der Waals surface area (Å²) in [7, 11) is 0. The maximum atomic E-state index is 5.42. The van der Waals surface area contributed by atoms with Gasteiger partial charge in [-0.1, -0.05) is 0 Å². The van der Waals surface area contributed by atoms with Crippen molar-refractivity contribution in [3.63, 3.8) is 0 Å². The number of rotatable bonds is 3. The smallest absolute Gasteiger partial charge is 0.0559 e. The zero-order chi connectivity index (χ0) is 8.10. The van der Waals surface area contributed by atoms with Crippen molar-refractivity contribution in [2.75, 3.05) is 11.9 Å². The zero-order valence-corrected chi connectivity index (χ0v) is 6.67. The van der Waals surface area contributed by atoms with Gasteiger partial charge in [-0.15, -0.1) is 0 Å². The summed E-state index contributed by atoms with van der Waals surface area (Å²) >= 11 is 0. The van der Waals surface area contributed by atoms with Crippen molar-refractivity contribution in [3.8, 4) is 0 Å². The standard InChI is InChI=1S/C8H13N3/c1-2-10-7-3-4-11-8(5-7)6-9/h3-5H,2,6,9H2,1H3,(H,10,11). The van der Waals surface area contributed by atoms with Crippen molar-refractivity contribution < 1.29 is 0 Å². The first-order chi connectivity index (χ1) is 5.36. The molecule has 0 atom stereocenters. The van der Waals surface area contributed by atoms with Gasteiger partial charge in [-0.2, -0.15) is 0 Å². The molecule has 3 nitrogen and oxygen atoms in total. The Labute approximate surface area is 66.6 Å². The van der Waals surface area contributed by atoms with Crippen molar-refractivity contribution in [1.29, 1.82) is 0 Å². The van der Waals surface area contributed by atoms with Crippen LogP contribution in [0.25, 0.3) is 0 Å². The highest BCUT2D eigenvalue weighted by Crippen LogP contribution is 2.06. The maximum Gasteiger partial charge on any atom is 0.0559 e. The largest absolute Gasteiger partial charge is 0.385 e. The molecule has 0 aliphatic rings. The number of hydrogen-bond donors (Lipinski definition) is 2. The van der Waals surface area contributed by atoms with E-state index in [1.165, 1.54) is 0 Å². The molecule has 0 amide bonds. The van der Waals surface area contributed by atoms with E-state index < -0.39 is 0 Å². The monoisotopic (exact) mass is 151 g/mol. The van der Waals surface area contributed by atoms with Gasteiger partial charge in [-0.25, -0.2) is 0 Å². The second-order valence-electron chi connectivity index (χ2n) is 2.27. The molecule has 11 heavy (non-hydrogen) atoms. The summed E-state index contributed by atoms with van der Waals surface area (Å²) in [6, 6.07) is 3.90. The van der Waals surface area contributed by atoms with Gasteiger partial charge < -0.3 is 11.1 Å². The summed E-state index contributed by atoms with van der Waals surface area (Å²) in [5.41, 5.74) is 7.43. The fourth-order valence-corrected chi connectivity index (χ4v) is 0.904. The van der Waals surface area contributed by atoms with E-state index in [4.69, 9.17) is 5.73 Å². The van der Waals surface area contributed by atoms with Crippen LogP contribution < -0.4 is 11.1 Å². The molecule has 60 valence electrons. The second kappa shape index (κ2) is 3.93. The number of aromatic nitrogens is 1. The Bertz CT molecular complexity index is 222. The minimum atomic E-state index is 0.499. The van der Waals surface area contributed by atoms with Crippen LogP contribution in [-0.2, 0) is 6.54 Å². The molecule has 0 bridgehead atoms. The van der Waals surface area contributed by atoms with E-state index in [-0.39, 0.29) is 0 Å². The van der Waals surface area contributed by atoms with E-state index in [0.717, 1.165) is 17.9 Å². The minimum absolute atomic E-state index is 0.499. The Morgan fingerprint density at radius 3 is 3.09 bits per heavy atom. The van der Waals surface area contributed by atoms with E-state index in [1.54, 1.807) is 6.20 Å². The van der Waals surface area contributed by atoms with Crippen LogP contribution in [0.2, 0.25) is 0 Å². The van der Waals surface area contributed by atoms with Crippen LogP contribution in [0.15, 0.2) is 18.3 Å². The van der Waals surface area contributed by atoms with Crippen LogP contribution in [-0.4, -0.2) is 11.5 Å². The van der Waals surface area contributed by atoms with E-state index in [0.29, 0.717) is 6.54 Å². The molecular formula is C8H13N3. The van der Waals surface area contributed by atoms with Crippen molar-refractivity contribution in [1.82, 2.24) is 4.98 Å². The highest BCUT2D eigenvalue weighted by atomic mass is 14.9. The highest BCUT2D eigenvalue weighted by molar-refractivity contribution is 5.42. The van der Waals surface area contributed by atoms with Crippen LogP contribution >= 0.6 is 0 Å². The fraction of sp³-hybridized carbons (Fsp3) is 0.375. The molecule has 0 saturated heterocycles. The average molecular weight is 151 g/mol. The molecule has 1 aromatic heterocycles. The van der Waals surface area contributed by atoms with Crippen molar-refractivity contribution in [2.24, 2.45) is 5.73 Å². The first-order valence-corrected chi connectivity index (χ1v) is 3.75. The molecule has 0 fully saturated rings. The first kappa shape index (κ1) is 8.01. The van der Waals surface area contributed by atoms with Crippen molar-refractivity contribution in [2.45, 2.75) is 13.5 Å². The van der Waals surface area contributed by atoms with Crippen LogP contribution in [0.1, 0.15) is 12.6 Å². The second-order valence-corrected chi connectivity index (χ2v) is 2.27. The predicted octanol–water partition coefficient (Wildman–Crippen LogP) is 0.972. The van der Waals surface area contributed by atoms with Crippen molar-refractivity contribution >= 4 is 5.69 Å². The number of nitrogens with zero attached hydrogens (tertiary/aromatic N) is 1. The predicted molar refractivity (Wildman–Crippen MR) is 46.3 cm³/mol.